The standard InChI is InChI=1S/C18H24ClNO/c1-2-3-4-5-6-7-8-9-18(21)16-13-20-17-12-14(19)10-11-15(16)17/h10-13,20H,2-9H2,1H3. The molecule has 114 valence electrons. The number of Topliss-reactive ketones (excluding diaryl/α,β-unsaturated/α-hetero) is 1. The van der Waals surface area contributed by atoms with Crippen LogP contribution < -0.4 is 0 Å². The van der Waals surface area contributed by atoms with E-state index in [-0.39, 0.29) is 5.78 Å². The highest BCUT2D eigenvalue weighted by atomic mass is 35.5. The third kappa shape index (κ3) is 4.60. The summed E-state index contributed by atoms with van der Waals surface area (Å²) in [6.45, 7) is 2.23. The van der Waals surface area contributed by atoms with Crippen LogP contribution in [0.3, 0.4) is 0 Å². The molecule has 0 aliphatic heterocycles. The van der Waals surface area contributed by atoms with Gasteiger partial charge in [-0.3, -0.25) is 4.79 Å². The number of ketones is 1. The molecule has 0 fully saturated rings. The van der Waals surface area contributed by atoms with Gasteiger partial charge in [0, 0.05) is 34.1 Å². The molecule has 21 heavy (non-hydrogen) atoms. The highest BCUT2D eigenvalue weighted by molar-refractivity contribution is 6.31. The first-order chi connectivity index (χ1) is 10.2. The third-order valence-electron chi connectivity index (χ3n) is 3.95. The van der Waals surface area contributed by atoms with Crippen LogP contribution >= 0.6 is 11.6 Å². The van der Waals surface area contributed by atoms with Crippen molar-refractivity contribution in [1.29, 1.82) is 0 Å². The lowest BCUT2D eigenvalue weighted by Gasteiger charge is -2.01. The number of aromatic amines is 1. The van der Waals surface area contributed by atoms with Crippen molar-refractivity contribution in [3.05, 3.63) is 35.0 Å². The second-order valence-electron chi connectivity index (χ2n) is 5.69. The Morgan fingerprint density at radius 1 is 1.10 bits per heavy atom. The number of benzene rings is 1. The number of aromatic nitrogens is 1. The van der Waals surface area contributed by atoms with Crippen LogP contribution in [0.15, 0.2) is 24.4 Å². The monoisotopic (exact) mass is 305 g/mol. The molecular formula is C18H24ClNO. The second-order valence-corrected chi connectivity index (χ2v) is 6.12. The molecule has 2 nitrogen and oxygen atoms in total. The Hall–Kier alpha value is -1.28. The number of halogens is 1. The number of fused-ring (bicyclic) bond motifs is 1. The Morgan fingerprint density at radius 2 is 1.81 bits per heavy atom. The predicted molar refractivity (Wildman–Crippen MR) is 90.2 cm³/mol. The van der Waals surface area contributed by atoms with E-state index < -0.39 is 0 Å². The van der Waals surface area contributed by atoms with Crippen molar-refractivity contribution in [2.24, 2.45) is 0 Å². The average molecular weight is 306 g/mol. The SMILES string of the molecule is CCCCCCCCCC(=O)c1c[nH]c2cc(Cl)ccc12. The summed E-state index contributed by atoms with van der Waals surface area (Å²) in [7, 11) is 0. The summed E-state index contributed by atoms with van der Waals surface area (Å²) in [5.41, 5.74) is 1.73. The maximum atomic E-state index is 12.3. The van der Waals surface area contributed by atoms with E-state index >= 15 is 0 Å². The van der Waals surface area contributed by atoms with Gasteiger partial charge in [-0.1, -0.05) is 63.1 Å². The number of H-pyrrole nitrogens is 1. The Balaban J connectivity index is 1.80. The molecule has 0 unspecified atom stereocenters. The van der Waals surface area contributed by atoms with Gasteiger partial charge < -0.3 is 4.98 Å². The molecule has 0 atom stereocenters. The molecule has 2 aromatic rings. The number of carbonyl (C=O) groups excluding carboxylic acids is 1. The maximum Gasteiger partial charge on any atom is 0.165 e. The smallest absolute Gasteiger partial charge is 0.165 e. The fourth-order valence-corrected chi connectivity index (χ4v) is 2.88. The molecule has 3 heteroatoms. The van der Waals surface area contributed by atoms with Crippen LogP contribution in [-0.4, -0.2) is 10.8 Å². The van der Waals surface area contributed by atoms with Crippen molar-refractivity contribution >= 4 is 28.3 Å². The summed E-state index contributed by atoms with van der Waals surface area (Å²) in [5, 5.41) is 1.67. The molecule has 0 saturated carbocycles. The molecular weight excluding hydrogens is 282 g/mol. The Labute approximate surface area is 131 Å². The van der Waals surface area contributed by atoms with E-state index in [0.29, 0.717) is 11.4 Å². The van der Waals surface area contributed by atoms with E-state index in [0.717, 1.165) is 29.3 Å². The van der Waals surface area contributed by atoms with Gasteiger partial charge in [0.05, 0.1) is 0 Å². The van der Waals surface area contributed by atoms with E-state index in [1.165, 1.54) is 32.1 Å². The van der Waals surface area contributed by atoms with E-state index in [1.54, 1.807) is 0 Å². The van der Waals surface area contributed by atoms with E-state index in [1.807, 2.05) is 24.4 Å². The number of hydrogen-bond donors (Lipinski definition) is 1. The largest absolute Gasteiger partial charge is 0.360 e. The van der Waals surface area contributed by atoms with Gasteiger partial charge in [-0.2, -0.15) is 0 Å². The van der Waals surface area contributed by atoms with E-state index in [2.05, 4.69) is 11.9 Å². The summed E-state index contributed by atoms with van der Waals surface area (Å²) in [6, 6.07) is 5.62. The fourth-order valence-electron chi connectivity index (χ4n) is 2.71. The Morgan fingerprint density at radius 3 is 2.57 bits per heavy atom. The molecule has 0 aliphatic carbocycles. The lowest BCUT2D eigenvalue weighted by Crippen LogP contribution is -1.97. The van der Waals surface area contributed by atoms with Gasteiger partial charge in [-0.15, -0.1) is 0 Å². The van der Waals surface area contributed by atoms with Gasteiger partial charge in [-0.25, -0.2) is 0 Å². The third-order valence-corrected chi connectivity index (χ3v) is 4.19. The molecule has 0 spiro atoms. The van der Waals surface area contributed by atoms with Crippen LogP contribution in [0.25, 0.3) is 10.9 Å². The number of rotatable bonds is 9. The zero-order valence-corrected chi connectivity index (χ0v) is 13.5. The fraction of sp³-hybridized carbons (Fsp3) is 0.500. The summed E-state index contributed by atoms with van der Waals surface area (Å²) < 4.78 is 0. The topological polar surface area (TPSA) is 32.9 Å². The molecule has 0 amide bonds. The zero-order valence-electron chi connectivity index (χ0n) is 12.8. The van der Waals surface area contributed by atoms with Gasteiger partial charge >= 0.3 is 0 Å². The second kappa shape index (κ2) is 8.23. The van der Waals surface area contributed by atoms with Crippen LogP contribution in [0.1, 0.15) is 68.6 Å². The molecule has 0 radical (unpaired) electrons. The summed E-state index contributed by atoms with van der Waals surface area (Å²) >= 11 is 5.96. The highest BCUT2D eigenvalue weighted by Gasteiger charge is 2.11. The van der Waals surface area contributed by atoms with Crippen molar-refractivity contribution in [2.75, 3.05) is 0 Å². The summed E-state index contributed by atoms with van der Waals surface area (Å²) in [6.07, 6.45) is 11.1. The first-order valence-electron chi connectivity index (χ1n) is 8.02. The van der Waals surface area contributed by atoms with Crippen molar-refractivity contribution < 1.29 is 4.79 Å². The summed E-state index contributed by atoms with van der Waals surface area (Å²) in [4.78, 5) is 15.4. The van der Waals surface area contributed by atoms with Crippen LogP contribution in [0, 0.1) is 0 Å². The minimum atomic E-state index is 0.233. The quantitative estimate of drug-likeness (QED) is 0.437. The number of nitrogens with one attached hydrogen (secondary N) is 1. The molecule has 1 N–H and O–H groups in total. The van der Waals surface area contributed by atoms with E-state index in [4.69, 9.17) is 11.6 Å². The molecule has 0 saturated heterocycles. The average Bonchev–Trinajstić information content (AvgIpc) is 2.89. The van der Waals surface area contributed by atoms with E-state index in [9.17, 15) is 4.79 Å². The minimum Gasteiger partial charge on any atom is -0.360 e. The van der Waals surface area contributed by atoms with Crippen LogP contribution in [0.4, 0.5) is 0 Å². The molecule has 1 aromatic carbocycles. The van der Waals surface area contributed by atoms with Gasteiger partial charge in [0.15, 0.2) is 5.78 Å². The first kappa shape index (κ1) is 16.1. The lowest BCUT2D eigenvalue weighted by molar-refractivity contribution is 0.0980. The highest BCUT2D eigenvalue weighted by Crippen LogP contribution is 2.23. The Bertz CT molecular complexity index is 588. The molecule has 0 aliphatic rings. The van der Waals surface area contributed by atoms with Crippen molar-refractivity contribution in [2.45, 2.75) is 58.3 Å². The minimum absolute atomic E-state index is 0.233. The first-order valence-corrected chi connectivity index (χ1v) is 8.40. The van der Waals surface area contributed by atoms with Crippen molar-refractivity contribution in [1.82, 2.24) is 4.98 Å². The van der Waals surface area contributed by atoms with Crippen molar-refractivity contribution in [3.8, 4) is 0 Å². The number of carbonyl (C=O) groups is 1. The van der Waals surface area contributed by atoms with Gasteiger partial charge in [0.25, 0.3) is 0 Å². The lowest BCUT2D eigenvalue weighted by atomic mass is 10.0. The van der Waals surface area contributed by atoms with Gasteiger partial charge in [0.1, 0.15) is 0 Å². The number of hydrogen-bond acceptors (Lipinski definition) is 1. The normalized spacial score (nSPS) is 11.1. The van der Waals surface area contributed by atoms with Gasteiger partial charge in [0.2, 0.25) is 0 Å². The maximum absolute atomic E-state index is 12.3. The molecule has 0 bridgehead atoms. The van der Waals surface area contributed by atoms with Crippen LogP contribution in [-0.2, 0) is 0 Å². The van der Waals surface area contributed by atoms with Crippen LogP contribution in [0.5, 0.6) is 0 Å². The molecule has 1 aromatic heterocycles. The Kier molecular flexibility index (Phi) is 6.31. The predicted octanol–water partition coefficient (Wildman–Crippen LogP) is 6.14. The zero-order chi connectivity index (χ0) is 15.1. The summed E-state index contributed by atoms with van der Waals surface area (Å²) in [5.74, 6) is 0.233. The van der Waals surface area contributed by atoms with Crippen molar-refractivity contribution in [3.63, 3.8) is 0 Å². The molecule has 1 heterocycles. The van der Waals surface area contributed by atoms with Gasteiger partial charge in [-0.05, 0) is 18.6 Å². The van der Waals surface area contributed by atoms with Crippen LogP contribution in [0.2, 0.25) is 5.02 Å². The molecule has 2 rings (SSSR count). The number of unbranched alkanes of at least 4 members (excludes halogenated alkanes) is 6.